The summed E-state index contributed by atoms with van der Waals surface area (Å²) in [7, 11) is 3.10. The molecule has 0 aliphatic heterocycles. The molecular weight excluding hydrogens is 182 g/mol. The first-order chi connectivity index (χ1) is 6.32. The molecule has 4 heteroatoms. The second kappa shape index (κ2) is 5.32. The van der Waals surface area contributed by atoms with Crippen LogP contribution in [0, 0.1) is 5.41 Å². The topological polar surface area (TPSA) is 47.6 Å². The van der Waals surface area contributed by atoms with Crippen molar-refractivity contribution in [3.05, 3.63) is 0 Å². The number of amides is 1. The molecule has 0 radical (unpaired) electrons. The van der Waals surface area contributed by atoms with Crippen molar-refractivity contribution in [2.45, 2.75) is 40.0 Å². The van der Waals surface area contributed by atoms with E-state index in [0.717, 1.165) is 0 Å². The minimum atomic E-state index is -0.402. The van der Waals surface area contributed by atoms with E-state index in [4.69, 9.17) is 9.47 Å². The van der Waals surface area contributed by atoms with E-state index in [0.29, 0.717) is 0 Å². The third-order valence-electron chi connectivity index (χ3n) is 1.91. The van der Waals surface area contributed by atoms with E-state index in [2.05, 4.69) is 5.32 Å². The lowest BCUT2D eigenvalue weighted by Crippen LogP contribution is -2.47. The van der Waals surface area contributed by atoms with E-state index in [1.165, 1.54) is 0 Å². The zero-order chi connectivity index (χ0) is 11.4. The molecule has 84 valence electrons. The van der Waals surface area contributed by atoms with E-state index < -0.39 is 6.29 Å². The summed E-state index contributed by atoms with van der Waals surface area (Å²) in [6.07, 6.45) is -0.402. The second-order valence-corrected chi connectivity index (χ2v) is 4.35. The van der Waals surface area contributed by atoms with Crippen LogP contribution in [-0.4, -0.2) is 32.5 Å². The number of hydrogen-bond donors (Lipinski definition) is 1. The molecule has 0 rings (SSSR count). The van der Waals surface area contributed by atoms with Gasteiger partial charge in [0.2, 0.25) is 5.91 Å². The smallest absolute Gasteiger partial charge is 0.225 e. The first-order valence-electron chi connectivity index (χ1n) is 4.69. The number of carbonyl (C=O) groups excluding carboxylic acids is 1. The van der Waals surface area contributed by atoms with Gasteiger partial charge in [0.1, 0.15) is 0 Å². The van der Waals surface area contributed by atoms with Crippen LogP contribution >= 0.6 is 0 Å². The quantitative estimate of drug-likeness (QED) is 0.697. The lowest BCUT2D eigenvalue weighted by molar-refractivity contribution is -0.141. The molecule has 1 amide bonds. The fraction of sp³-hybridized carbons (Fsp3) is 0.900. The highest BCUT2D eigenvalue weighted by Gasteiger charge is 2.25. The van der Waals surface area contributed by atoms with Gasteiger partial charge in [-0.3, -0.25) is 4.79 Å². The molecule has 0 bridgehead atoms. The van der Waals surface area contributed by atoms with Gasteiger partial charge in [0, 0.05) is 19.6 Å². The van der Waals surface area contributed by atoms with Crippen LogP contribution in [0.4, 0.5) is 0 Å². The molecular formula is C10H21NO3. The number of nitrogens with one attached hydrogen (secondary N) is 1. The molecule has 1 N–H and O–H groups in total. The van der Waals surface area contributed by atoms with Crippen molar-refractivity contribution < 1.29 is 14.3 Å². The van der Waals surface area contributed by atoms with Gasteiger partial charge in [-0.2, -0.15) is 0 Å². The van der Waals surface area contributed by atoms with Gasteiger partial charge < -0.3 is 14.8 Å². The molecule has 0 aromatic rings. The Bertz CT molecular complexity index is 182. The molecule has 0 saturated heterocycles. The fourth-order valence-corrected chi connectivity index (χ4v) is 0.996. The van der Waals surface area contributed by atoms with Crippen molar-refractivity contribution >= 4 is 5.91 Å². The first kappa shape index (κ1) is 13.4. The molecule has 0 aromatic carbocycles. The Labute approximate surface area is 86.0 Å². The Kier molecular flexibility index (Phi) is 5.08. The monoisotopic (exact) mass is 203 g/mol. The molecule has 0 aromatic heterocycles. The predicted molar refractivity (Wildman–Crippen MR) is 54.9 cm³/mol. The minimum Gasteiger partial charge on any atom is -0.354 e. The number of methoxy groups -OCH3 is 2. The zero-order valence-corrected chi connectivity index (χ0v) is 9.88. The number of rotatable bonds is 4. The van der Waals surface area contributed by atoms with Crippen molar-refractivity contribution in [3.8, 4) is 0 Å². The molecule has 0 aliphatic carbocycles. The van der Waals surface area contributed by atoms with Gasteiger partial charge in [-0.15, -0.1) is 0 Å². The third-order valence-corrected chi connectivity index (χ3v) is 1.91. The second-order valence-electron chi connectivity index (χ2n) is 4.35. The summed E-state index contributed by atoms with van der Waals surface area (Å²) in [6, 6.07) is -0.156. The standard InChI is InChI=1S/C10H21NO3/c1-7(8(13-5)14-6)11-9(12)10(2,3)4/h7-8H,1-6H3,(H,11,12). The maximum absolute atomic E-state index is 11.6. The van der Waals surface area contributed by atoms with E-state index >= 15 is 0 Å². The Balaban J connectivity index is 4.18. The summed E-state index contributed by atoms with van der Waals surface area (Å²) in [6.45, 7) is 7.44. The lowest BCUT2D eigenvalue weighted by Gasteiger charge is -2.26. The number of hydrogen-bond acceptors (Lipinski definition) is 3. The van der Waals surface area contributed by atoms with Gasteiger partial charge in [-0.25, -0.2) is 0 Å². The van der Waals surface area contributed by atoms with E-state index in [-0.39, 0.29) is 17.4 Å². The highest BCUT2D eigenvalue weighted by molar-refractivity contribution is 5.81. The van der Waals surface area contributed by atoms with Crippen LogP contribution in [0.25, 0.3) is 0 Å². The Morgan fingerprint density at radius 1 is 1.21 bits per heavy atom. The van der Waals surface area contributed by atoms with Gasteiger partial charge in [-0.1, -0.05) is 20.8 Å². The van der Waals surface area contributed by atoms with Crippen molar-refractivity contribution in [1.29, 1.82) is 0 Å². The van der Waals surface area contributed by atoms with Crippen molar-refractivity contribution in [2.24, 2.45) is 5.41 Å². The minimum absolute atomic E-state index is 0.0101. The highest BCUT2D eigenvalue weighted by atomic mass is 16.7. The fourth-order valence-electron chi connectivity index (χ4n) is 0.996. The molecule has 0 fully saturated rings. The van der Waals surface area contributed by atoms with Gasteiger partial charge in [-0.05, 0) is 6.92 Å². The zero-order valence-electron chi connectivity index (χ0n) is 9.88. The van der Waals surface area contributed by atoms with Gasteiger partial charge in [0.25, 0.3) is 0 Å². The van der Waals surface area contributed by atoms with Crippen LogP contribution < -0.4 is 5.32 Å². The summed E-state index contributed by atoms with van der Waals surface area (Å²) >= 11 is 0. The molecule has 0 spiro atoms. The van der Waals surface area contributed by atoms with Gasteiger partial charge in [0.05, 0.1) is 6.04 Å². The Morgan fingerprint density at radius 2 is 1.64 bits per heavy atom. The summed E-state index contributed by atoms with van der Waals surface area (Å²) < 4.78 is 10.1. The Morgan fingerprint density at radius 3 is 1.93 bits per heavy atom. The van der Waals surface area contributed by atoms with Gasteiger partial charge in [0.15, 0.2) is 6.29 Å². The third kappa shape index (κ3) is 4.07. The molecule has 0 aliphatic rings. The van der Waals surface area contributed by atoms with Crippen LogP contribution in [0.5, 0.6) is 0 Å². The normalized spacial score (nSPS) is 14.2. The first-order valence-corrected chi connectivity index (χ1v) is 4.69. The van der Waals surface area contributed by atoms with Crippen molar-refractivity contribution in [3.63, 3.8) is 0 Å². The molecule has 14 heavy (non-hydrogen) atoms. The average Bonchev–Trinajstić information content (AvgIpc) is 2.04. The van der Waals surface area contributed by atoms with Crippen molar-refractivity contribution in [1.82, 2.24) is 5.32 Å². The van der Waals surface area contributed by atoms with Crippen LogP contribution in [0.3, 0.4) is 0 Å². The van der Waals surface area contributed by atoms with Crippen molar-refractivity contribution in [2.75, 3.05) is 14.2 Å². The Hall–Kier alpha value is -0.610. The lowest BCUT2D eigenvalue weighted by atomic mass is 9.95. The molecule has 0 saturated carbocycles. The summed E-state index contributed by atoms with van der Waals surface area (Å²) in [4.78, 5) is 11.6. The van der Waals surface area contributed by atoms with E-state index in [1.807, 2.05) is 27.7 Å². The molecule has 1 unspecified atom stereocenters. The number of carbonyl (C=O) groups is 1. The molecule has 4 nitrogen and oxygen atoms in total. The predicted octanol–water partition coefficient (Wildman–Crippen LogP) is 1.16. The summed E-state index contributed by atoms with van der Waals surface area (Å²) in [5, 5.41) is 2.83. The van der Waals surface area contributed by atoms with E-state index in [9.17, 15) is 4.79 Å². The molecule has 0 heterocycles. The molecule has 1 atom stereocenters. The average molecular weight is 203 g/mol. The van der Waals surface area contributed by atoms with Crippen LogP contribution in [0.15, 0.2) is 0 Å². The highest BCUT2D eigenvalue weighted by Crippen LogP contribution is 2.13. The largest absolute Gasteiger partial charge is 0.354 e. The SMILES string of the molecule is COC(OC)C(C)NC(=O)C(C)(C)C. The van der Waals surface area contributed by atoms with Crippen LogP contribution in [0.1, 0.15) is 27.7 Å². The summed E-state index contributed by atoms with van der Waals surface area (Å²) in [5.41, 5.74) is -0.389. The maximum Gasteiger partial charge on any atom is 0.225 e. The maximum atomic E-state index is 11.6. The van der Waals surface area contributed by atoms with Crippen LogP contribution in [0.2, 0.25) is 0 Å². The van der Waals surface area contributed by atoms with E-state index in [1.54, 1.807) is 14.2 Å². The summed E-state index contributed by atoms with van der Waals surface area (Å²) in [5.74, 6) is -0.0101. The van der Waals surface area contributed by atoms with Crippen LogP contribution in [-0.2, 0) is 14.3 Å². The van der Waals surface area contributed by atoms with Gasteiger partial charge >= 0.3 is 0 Å². The number of ether oxygens (including phenoxy) is 2.